The van der Waals surface area contributed by atoms with Crippen molar-refractivity contribution in [2.75, 3.05) is 13.6 Å². The molecule has 0 spiro atoms. The molecule has 1 aromatic heterocycles. The van der Waals surface area contributed by atoms with Gasteiger partial charge in [-0.25, -0.2) is 9.48 Å². The second kappa shape index (κ2) is 6.74. The van der Waals surface area contributed by atoms with Gasteiger partial charge in [-0.15, -0.1) is 0 Å². The van der Waals surface area contributed by atoms with Crippen LogP contribution in [-0.4, -0.2) is 46.3 Å². The minimum absolute atomic E-state index is 0.0404. The Morgan fingerprint density at radius 1 is 1.33 bits per heavy atom. The van der Waals surface area contributed by atoms with Gasteiger partial charge < -0.3 is 15.5 Å². The molecule has 2 unspecified atom stereocenters. The summed E-state index contributed by atoms with van der Waals surface area (Å²) in [4.78, 5) is 25.5. The number of aromatic nitrogens is 2. The molecule has 126 valence electrons. The maximum atomic E-state index is 12.1. The van der Waals surface area contributed by atoms with Crippen molar-refractivity contribution in [3.63, 3.8) is 0 Å². The molecule has 0 saturated carbocycles. The number of likely N-dealkylation sites (tertiary alicyclic amines) is 1. The van der Waals surface area contributed by atoms with Crippen molar-refractivity contribution < 1.29 is 9.59 Å². The van der Waals surface area contributed by atoms with Crippen molar-refractivity contribution in [1.29, 1.82) is 0 Å². The lowest BCUT2D eigenvalue weighted by Crippen LogP contribution is -2.46. The van der Waals surface area contributed by atoms with Crippen molar-refractivity contribution in [2.45, 2.75) is 25.4 Å². The van der Waals surface area contributed by atoms with Gasteiger partial charge >= 0.3 is 6.03 Å². The first-order chi connectivity index (χ1) is 11.5. The number of likely N-dealkylation sites (N-methyl/N-ethyl adjacent to an activating group) is 1. The van der Waals surface area contributed by atoms with Crippen molar-refractivity contribution >= 4 is 11.9 Å². The zero-order valence-corrected chi connectivity index (χ0v) is 13.8. The van der Waals surface area contributed by atoms with Crippen LogP contribution in [0.25, 0.3) is 5.69 Å². The minimum atomic E-state index is -0.426. The van der Waals surface area contributed by atoms with Crippen molar-refractivity contribution in [3.8, 4) is 5.69 Å². The summed E-state index contributed by atoms with van der Waals surface area (Å²) in [5, 5.41) is 9.79. The maximum absolute atomic E-state index is 12.1. The highest BCUT2D eigenvalue weighted by molar-refractivity contribution is 5.88. The van der Waals surface area contributed by atoms with Crippen LogP contribution in [0.2, 0.25) is 0 Å². The highest BCUT2D eigenvalue weighted by Crippen LogP contribution is 2.15. The summed E-state index contributed by atoms with van der Waals surface area (Å²) in [6.45, 7) is 2.58. The Morgan fingerprint density at radius 3 is 2.67 bits per heavy atom. The number of rotatable bonds is 4. The monoisotopic (exact) mass is 327 g/mol. The first-order valence-electron chi connectivity index (χ1n) is 7.96. The second-order valence-corrected chi connectivity index (χ2v) is 5.98. The molecule has 0 radical (unpaired) electrons. The first kappa shape index (κ1) is 16.0. The van der Waals surface area contributed by atoms with E-state index in [-0.39, 0.29) is 18.0 Å². The van der Waals surface area contributed by atoms with E-state index in [1.54, 1.807) is 22.8 Å². The summed E-state index contributed by atoms with van der Waals surface area (Å²) >= 11 is 0. The largest absolute Gasteiger partial charge is 0.344 e. The van der Waals surface area contributed by atoms with E-state index in [2.05, 4.69) is 15.7 Å². The molecule has 1 saturated heterocycles. The average molecular weight is 327 g/mol. The molecule has 1 fully saturated rings. The lowest BCUT2D eigenvalue weighted by Gasteiger charge is -2.18. The molecule has 1 aromatic carbocycles. The van der Waals surface area contributed by atoms with Crippen LogP contribution in [0, 0.1) is 0 Å². The van der Waals surface area contributed by atoms with E-state index in [0.717, 1.165) is 11.3 Å². The number of carbonyl (C=O) groups is 2. The molecule has 2 heterocycles. The SMILES string of the molecule is CC(NC(=O)NC1CCN(C)C1=O)c1ccc(-n2cccn2)cc1. The third-order valence-electron chi connectivity index (χ3n) is 4.24. The Morgan fingerprint density at radius 2 is 2.08 bits per heavy atom. The third kappa shape index (κ3) is 3.40. The molecule has 3 amide bonds. The molecule has 1 aliphatic heterocycles. The summed E-state index contributed by atoms with van der Waals surface area (Å²) in [5.41, 5.74) is 1.94. The molecule has 2 aromatic rings. The van der Waals surface area contributed by atoms with E-state index in [9.17, 15) is 9.59 Å². The van der Waals surface area contributed by atoms with Crippen molar-refractivity contribution in [1.82, 2.24) is 25.3 Å². The van der Waals surface area contributed by atoms with Gasteiger partial charge in [-0.05, 0) is 37.1 Å². The Bertz CT molecular complexity index is 711. The van der Waals surface area contributed by atoms with Gasteiger partial charge in [0.2, 0.25) is 5.91 Å². The van der Waals surface area contributed by atoms with Crippen molar-refractivity contribution in [3.05, 3.63) is 48.3 Å². The smallest absolute Gasteiger partial charge is 0.315 e. The summed E-state index contributed by atoms with van der Waals surface area (Å²) in [6.07, 6.45) is 4.25. The average Bonchev–Trinajstić information content (AvgIpc) is 3.21. The topological polar surface area (TPSA) is 79.3 Å². The fourth-order valence-electron chi connectivity index (χ4n) is 2.77. The van der Waals surface area contributed by atoms with Crippen LogP contribution in [0.4, 0.5) is 4.79 Å². The molecule has 24 heavy (non-hydrogen) atoms. The van der Waals surface area contributed by atoms with E-state index >= 15 is 0 Å². The summed E-state index contributed by atoms with van der Waals surface area (Å²) in [6, 6.07) is 8.77. The van der Waals surface area contributed by atoms with Crippen LogP contribution in [0.3, 0.4) is 0 Å². The normalized spacial score (nSPS) is 18.5. The number of benzene rings is 1. The predicted molar refractivity (Wildman–Crippen MR) is 89.7 cm³/mol. The molecule has 2 atom stereocenters. The van der Waals surface area contributed by atoms with E-state index in [1.165, 1.54) is 0 Å². The fraction of sp³-hybridized carbons (Fsp3) is 0.353. The van der Waals surface area contributed by atoms with Crippen LogP contribution in [0.15, 0.2) is 42.7 Å². The molecular formula is C17H21N5O2. The number of hydrogen-bond acceptors (Lipinski definition) is 3. The van der Waals surface area contributed by atoms with Gasteiger partial charge in [-0.2, -0.15) is 5.10 Å². The highest BCUT2D eigenvalue weighted by atomic mass is 16.2. The molecule has 0 aliphatic carbocycles. The molecule has 7 heteroatoms. The van der Waals surface area contributed by atoms with Crippen molar-refractivity contribution in [2.24, 2.45) is 0 Å². The van der Waals surface area contributed by atoms with Crippen LogP contribution in [0.1, 0.15) is 24.9 Å². The molecular weight excluding hydrogens is 306 g/mol. The zero-order chi connectivity index (χ0) is 17.1. The van der Waals surface area contributed by atoms with Crippen LogP contribution >= 0.6 is 0 Å². The van der Waals surface area contributed by atoms with Crippen LogP contribution in [-0.2, 0) is 4.79 Å². The molecule has 2 N–H and O–H groups in total. The quantitative estimate of drug-likeness (QED) is 0.892. The van der Waals surface area contributed by atoms with Gasteiger partial charge in [0.05, 0.1) is 11.7 Å². The number of nitrogens with one attached hydrogen (secondary N) is 2. The Hall–Kier alpha value is -2.83. The number of carbonyl (C=O) groups excluding carboxylic acids is 2. The zero-order valence-electron chi connectivity index (χ0n) is 13.8. The maximum Gasteiger partial charge on any atom is 0.315 e. The van der Waals surface area contributed by atoms with Gasteiger partial charge in [0.25, 0.3) is 0 Å². The van der Waals surface area contributed by atoms with E-state index in [1.807, 2.05) is 43.5 Å². The third-order valence-corrected chi connectivity index (χ3v) is 4.24. The Kier molecular flexibility index (Phi) is 4.50. The van der Waals surface area contributed by atoms with Crippen LogP contribution < -0.4 is 10.6 Å². The second-order valence-electron chi connectivity index (χ2n) is 5.98. The molecule has 0 bridgehead atoms. The molecule has 3 rings (SSSR count). The standard InChI is InChI=1S/C17H21N5O2/c1-12(19-17(24)20-15-8-11-21(2)16(15)23)13-4-6-14(7-5-13)22-10-3-9-18-22/h3-7,9-10,12,15H,8,11H2,1-2H3,(H2,19,20,24). The summed E-state index contributed by atoms with van der Waals surface area (Å²) in [5.74, 6) is -0.0404. The fourth-order valence-corrected chi connectivity index (χ4v) is 2.77. The van der Waals surface area contributed by atoms with Gasteiger partial charge in [0.15, 0.2) is 0 Å². The lowest BCUT2D eigenvalue weighted by molar-refractivity contribution is -0.128. The number of amides is 3. The van der Waals surface area contributed by atoms with Gasteiger partial charge in [0, 0.05) is 26.0 Å². The molecule has 7 nitrogen and oxygen atoms in total. The Balaban J connectivity index is 1.57. The number of hydrogen-bond donors (Lipinski definition) is 2. The molecule has 1 aliphatic rings. The lowest BCUT2D eigenvalue weighted by atomic mass is 10.1. The number of urea groups is 1. The van der Waals surface area contributed by atoms with Gasteiger partial charge in [0.1, 0.15) is 6.04 Å². The summed E-state index contributed by atoms with van der Waals surface area (Å²) < 4.78 is 1.77. The van der Waals surface area contributed by atoms with E-state index < -0.39 is 6.04 Å². The Labute approximate surface area is 140 Å². The van der Waals surface area contributed by atoms with E-state index in [4.69, 9.17) is 0 Å². The minimum Gasteiger partial charge on any atom is -0.344 e. The number of nitrogens with zero attached hydrogens (tertiary/aromatic N) is 3. The van der Waals surface area contributed by atoms with Gasteiger partial charge in [-0.3, -0.25) is 4.79 Å². The highest BCUT2D eigenvalue weighted by Gasteiger charge is 2.30. The van der Waals surface area contributed by atoms with Crippen LogP contribution in [0.5, 0.6) is 0 Å². The summed E-state index contributed by atoms with van der Waals surface area (Å²) in [7, 11) is 1.74. The predicted octanol–water partition coefficient (Wildman–Crippen LogP) is 1.46. The van der Waals surface area contributed by atoms with Gasteiger partial charge in [-0.1, -0.05) is 12.1 Å². The van der Waals surface area contributed by atoms with E-state index in [0.29, 0.717) is 13.0 Å². The first-order valence-corrected chi connectivity index (χ1v) is 7.96.